The van der Waals surface area contributed by atoms with E-state index in [1.807, 2.05) is 6.08 Å². The van der Waals surface area contributed by atoms with Crippen LogP contribution in [0.5, 0.6) is 0 Å². The summed E-state index contributed by atoms with van der Waals surface area (Å²) in [7, 11) is 1.40. The summed E-state index contributed by atoms with van der Waals surface area (Å²) >= 11 is 0. The van der Waals surface area contributed by atoms with Gasteiger partial charge in [-0.2, -0.15) is 0 Å². The van der Waals surface area contributed by atoms with Crippen LogP contribution in [0, 0.1) is 0 Å². The van der Waals surface area contributed by atoms with Crippen LogP contribution in [0.25, 0.3) is 0 Å². The summed E-state index contributed by atoms with van der Waals surface area (Å²) in [6.45, 7) is 5.92. The Labute approximate surface area is 80.3 Å². The summed E-state index contributed by atoms with van der Waals surface area (Å²) in [6, 6.07) is 0. The maximum atomic E-state index is 11.0. The maximum absolute atomic E-state index is 11.0. The van der Waals surface area contributed by atoms with Crippen LogP contribution in [0.3, 0.4) is 0 Å². The Balaban J connectivity index is 4.51. The molecule has 0 unspecified atom stereocenters. The first-order chi connectivity index (χ1) is 6.15. The summed E-state index contributed by atoms with van der Waals surface area (Å²) in [5, 5.41) is 0. The molecule has 0 aliphatic rings. The van der Waals surface area contributed by atoms with Gasteiger partial charge in [0.25, 0.3) is 0 Å². The molecular weight excluding hydrogens is 164 g/mol. The van der Waals surface area contributed by atoms with Crippen molar-refractivity contribution in [3.63, 3.8) is 0 Å². The fourth-order valence-electron chi connectivity index (χ4n) is 1.07. The molecule has 13 heavy (non-hydrogen) atoms. The van der Waals surface area contributed by atoms with Gasteiger partial charge in [0.05, 0.1) is 7.11 Å². The van der Waals surface area contributed by atoms with Crippen LogP contribution in [0.15, 0.2) is 23.3 Å². The molecule has 0 rings (SSSR count). The highest BCUT2D eigenvalue weighted by molar-refractivity contribution is 5.88. The molecule has 0 aromatic heterocycles. The maximum Gasteiger partial charge on any atom is 0.333 e. The Bertz CT molecular complexity index is 224. The molecule has 74 valence electrons. The first kappa shape index (κ1) is 11.9. The van der Waals surface area contributed by atoms with Crippen molar-refractivity contribution in [2.24, 2.45) is 0 Å². The number of rotatable bonds is 4. The van der Waals surface area contributed by atoms with Crippen molar-refractivity contribution in [3.8, 4) is 0 Å². The van der Waals surface area contributed by atoms with Gasteiger partial charge < -0.3 is 4.74 Å². The molecule has 0 heterocycles. The third-order valence-electron chi connectivity index (χ3n) is 1.78. The van der Waals surface area contributed by atoms with Crippen molar-refractivity contribution >= 4 is 5.97 Å². The smallest absolute Gasteiger partial charge is 0.333 e. The number of esters is 1. The Kier molecular flexibility index (Phi) is 5.94. The summed E-state index contributed by atoms with van der Waals surface area (Å²) in [6.07, 6.45) is 5.94. The summed E-state index contributed by atoms with van der Waals surface area (Å²) < 4.78 is 4.60. The molecule has 0 aliphatic carbocycles. The molecule has 0 saturated carbocycles. The number of methoxy groups -OCH3 is 1. The van der Waals surface area contributed by atoms with E-state index < -0.39 is 0 Å². The highest BCUT2D eigenvalue weighted by Crippen LogP contribution is 2.08. The lowest BCUT2D eigenvalue weighted by molar-refractivity contribution is -0.136. The van der Waals surface area contributed by atoms with Gasteiger partial charge in [0, 0.05) is 5.57 Å². The van der Waals surface area contributed by atoms with Gasteiger partial charge in [0.15, 0.2) is 0 Å². The Morgan fingerprint density at radius 1 is 1.38 bits per heavy atom. The zero-order valence-electron chi connectivity index (χ0n) is 8.89. The second kappa shape index (κ2) is 6.46. The number of hydrogen-bond donors (Lipinski definition) is 0. The highest BCUT2D eigenvalue weighted by Gasteiger charge is 2.02. The predicted molar refractivity (Wildman–Crippen MR) is 54.4 cm³/mol. The second-order valence-corrected chi connectivity index (χ2v) is 2.86. The standard InChI is InChI=1S/C11H18O2/c1-5-7-10(6-2)8-9(3)11(12)13-4/h7-8H,5-6H2,1-4H3/b9-8+,10-7-. The van der Waals surface area contributed by atoms with Gasteiger partial charge in [-0.15, -0.1) is 0 Å². The van der Waals surface area contributed by atoms with Gasteiger partial charge in [-0.25, -0.2) is 4.79 Å². The van der Waals surface area contributed by atoms with E-state index in [-0.39, 0.29) is 5.97 Å². The highest BCUT2D eigenvalue weighted by atomic mass is 16.5. The zero-order chi connectivity index (χ0) is 10.3. The Hall–Kier alpha value is -1.05. The van der Waals surface area contributed by atoms with Crippen molar-refractivity contribution in [1.82, 2.24) is 0 Å². The number of ether oxygens (including phenoxy) is 1. The minimum absolute atomic E-state index is 0.254. The third-order valence-corrected chi connectivity index (χ3v) is 1.78. The largest absolute Gasteiger partial charge is 0.466 e. The summed E-state index contributed by atoms with van der Waals surface area (Å²) in [4.78, 5) is 11.0. The minimum Gasteiger partial charge on any atom is -0.466 e. The quantitative estimate of drug-likeness (QED) is 0.379. The molecular formula is C11H18O2. The predicted octanol–water partition coefficient (Wildman–Crippen LogP) is 2.85. The topological polar surface area (TPSA) is 26.3 Å². The van der Waals surface area contributed by atoms with Crippen LogP contribution in [-0.2, 0) is 9.53 Å². The molecule has 0 amide bonds. The van der Waals surface area contributed by atoms with E-state index in [1.54, 1.807) is 6.92 Å². The number of carbonyl (C=O) groups is 1. The Morgan fingerprint density at radius 3 is 2.38 bits per heavy atom. The SMILES string of the molecule is CC/C=C(\C=C(/C)C(=O)OC)CC. The van der Waals surface area contributed by atoms with Crippen LogP contribution in [0.4, 0.5) is 0 Å². The molecule has 0 aliphatic heterocycles. The molecule has 0 saturated heterocycles. The van der Waals surface area contributed by atoms with E-state index in [1.165, 1.54) is 12.7 Å². The van der Waals surface area contributed by atoms with Gasteiger partial charge in [-0.05, 0) is 25.8 Å². The third kappa shape index (κ3) is 4.51. The van der Waals surface area contributed by atoms with E-state index in [4.69, 9.17) is 0 Å². The van der Waals surface area contributed by atoms with Crippen molar-refractivity contribution in [3.05, 3.63) is 23.3 Å². The van der Waals surface area contributed by atoms with E-state index in [0.717, 1.165) is 12.8 Å². The molecule has 2 nitrogen and oxygen atoms in total. The van der Waals surface area contributed by atoms with Crippen LogP contribution in [0.1, 0.15) is 33.6 Å². The van der Waals surface area contributed by atoms with E-state index >= 15 is 0 Å². The van der Waals surface area contributed by atoms with Crippen molar-refractivity contribution < 1.29 is 9.53 Å². The number of hydrogen-bond acceptors (Lipinski definition) is 2. The molecule has 0 aromatic rings. The fraction of sp³-hybridized carbons (Fsp3) is 0.545. The van der Waals surface area contributed by atoms with Gasteiger partial charge in [-0.3, -0.25) is 0 Å². The van der Waals surface area contributed by atoms with Crippen molar-refractivity contribution in [2.75, 3.05) is 7.11 Å². The van der Waals surface area contributed by atoms with Crippen LogP contribution in [0.2, 0.25) is 0 Å². The van der Waals surface area contributed by atoms with E-state index in [0.29, 0.717) is 5.57 Å². The minimum atomic E-state index is -0.254. The molecule has 0 radical (unpaired) electrons. The average Bonchev–Trinajstić information content (AvgIpc) is 2.15. The lowest BCUT2D eigenvalue weighted by Crippen LogP contribution is -2.01. The van der Waals surface area contributed by atoms with Crippen LogP contribution >= 0.6 is 0 Å². The molecule has 2 heteroatoms. The zero-order valence-corrected chi connectivity index (χ0v) is 8.89. The van der Waals surface area contributed by atoms with Gasteiger partial charge in [0.2, 0.25) is 0 Å². The lowest BCUT2D eigenvalue weighted by Gasteiger charge is -2.00. The molecule has 0 N–H and O–H groups in total. The molecule has 0 atom stereocenters. The van der Waals surface area contributed by atoms with Gasteiger partial charge in [0.1, 0.15) is 0 Å². The molecule has 0 bridgehead atoms. The molecule has 0 fully saturated rings. The van der Waals surface area contributed by atoms with Crippen LogP contribution in [-0.4, -0.2) is 13.1 Å². The lowest BCUT2D eigenvalue weighted by atomic mass is 10.1. The molecule has 0 spiro atoms. The van der Waals surface area contributed by atoms with Crippen molar-refractivity contribution in [2.45, 2.75) is 33.6 Å². The van der Waals surface area contributed by atoms with E-state index in [2.05, 4.69) is 24.7 Å². The monoisotopic (exact) mass is 182 g/mol. The summed E-state index contributed by atoms with van der Waals surface area (Å²) in [5.74, 6) is -0.254. The molecule has 0 aromatic carbocycles. The average molecular weight is 182 g/mol. The second-order valence-electron chi connectivity index (χ2n) is 2.86. The van der Waals surface area contributed by atoms with Crippen molar-refractivity contribution in [1.29, 1.82) is 0 Å². The van der Waals surface area contributed by atoms with E-state index in [9.17, 15) is 4.79 Å². The first-order valence-electron chi connectivity index (χ1n) is 4.61. The number of allylic oxidation sites excluding steroid dienone is 3. The summed E-state index contributed by atoms with van der Waals surface area (Å²) in [5.41, 5.74) is 1.84. The normalized spacial score (nSPS) is 12.9. The van der Waals surface area contributed by atoms with Gasteiger partial charge in [-0.1, -0.05) is 25.5 Å². The van der Waals surface area contributed by atoms with Crippen LogP contribution < -0.4 is 0 Å². The van der Waals surface area contributed by atoms with Gasteiger partial charge >= 0.3 is 5.97 Å². The Morgan fingerprint density at radius 2 is 2.00 bits per heavy atom. The fourth-order valence-corrected chi connectivity index (χ4v) is 1.07. The first-order valence-corrected chi connectivity index (χ1v) is 4.61. The number of carbonyl (C=O) groups excluding carboxylic acids is 1.